The molecule has 0 unspecified atom stereocenters. The molecular weight excluding hydrogens is 426 g/mol. The Hall–Kier alpha value is -3.27. The molecule has 2 amide bonds. The number of hydrogen-bond acceptors (Lipinski definition) is 7. The van der Waals surface area contributed by atoms with Crippen molar-refractivity contribution in [2.75, 3.05) is 19.8 Å². The summed E-state index contributed by atoms with van der Waals surface area (Å²) in [5.41, 5.74) is 1.50. The maximum absolute atomic E-state index is 13.4. The fraction of sp³-hybridized carbons (Fsp3) is 0.522. The Balaban J connectivity index is 1.59. The SMILES string of the molecule is CCOC(=O)[C@H]1[C@@H]2C(=O)N(CCCO)[C@H](C(=O)NCn3nnc4ccccc43)[C@H]2C=C[C@H]1C. The minimum Gasteiger partial charge on any atom is -0.466 e. The highest BCUT2D eigenvalue weighted by Gasteiger charge is 2.56. The molecular formula is C23H29N5O5. The van der Waals surface area contributed by atoms with Crippen molar-refractivity contribution in [1.82, 2.24) is 25.2 Å². The van der Waals surface area contributed by atoms with E-state index in [4.69, 9.17) is 4.74 Å². The van der Waals surface area contributed by atoms with E-state index >= 15 is 0 Å². The Morgan fingerprint density at radius 1 is 1.24 bits per heavy atom. The number of carbonyl (C=O) groups excluding carboxylic acids is 3. The summed E-state index contributed by atoms with van der Waals surface area (Å²) in [5, 5.41) is 20.4. The smallest absolute Gasteiger partial charge is 0.310 e. The largest absolute Gasteiger partial charge is 0.466 e. The molecule has 10 heteroatoms. The number of amides is 2. The second-order valence-corrected chi connectivity index (χ2v) is 8.46. The molecule has 1 aromatic carbocycles. The van der Waals surface area contributed by atoms with Gasteiger partial charge in [-0.1, -0.05) is 36.4 Å². The van der Waals surface area contributed by atoms with Gasteiger partial charge in [0.25, 0.3) is 0 Å². The summed E-state index contributed by atoms with van der Waals surface area (Å²) < 4.78 is 6.84. The fourth-order valence-electron chi connectivity index (χ4n) is 4.96. The third-order valence-corrected chi connectivity index (χ3v) is 6.48. The van der Waals surface area contributed by atoms with Gasteiger partial charge in [-0.2, -0.15) is 0 Å². The van der Waals surface area contributed by atoms with Crippen molar-refractivity contribution in [3.63, 3.8) is 0 Å². The molecule has 0 spiro atoms. The number of likely N-dealkylation sites (tertiary alicyclic amines) is 1. The van der Waals surface area contributed by atoms with E-state index in [1.807, 2.05) is 43.3 Å². The highest BCUT2D eigenvalue weighted by Crippen LogP contribution is 2.44. The number of esters is 1. The molecule has 0 saturated carbocycles. The summed E-state index contributed by atoms with van der Waals surface area (Å²) >= 11 is 0. The van der Waals surface area contributed by atoms with Crippen LogP contribution in [-0.4, -0.2) is 68.6 Å². The summed E-state index contributed by atoms with van der Waals surface area (Å²) in [4.78, 5) is 41.0. The maximum atomic E-state index is 13.4. The summed E-state index contributed by atoms with van der Waals surface area (Å²) in [6.07, 6.45) is 4.10. The number of rotatable bonds is 8. The zero-order valence-corrected chi connectivity index (χ0v) is 18.8. The summed E-state index contributed by atoms with van der Waals surface area (Å²) in [5.74, 6) is -2.99. The number of ether oxygens (including phenoxy) is 1. The first-order valence-corrected chi connectivity index (χ1v) is 11.3. The lowest BCUT2D eigenvalue weighted by Gasteiger charge is -2.32. The van der Waals surface area contributed by atoms with Crippen molar-refractivity contribution in [2.45, 2.75) is 33.0 Å². The molecule has 10 nitrogen and oxygen atoms in total. The topological polar surface area (TPSA) is 127 Å². The molecule has 0 bridgehead atoms. The molecule has 1 fully saturated rings. The lowest BCUT2D eigenvalue weighted by molar-refractivity contribution is -0.155. The number of aromatic nitrogens is 3. The molecule has 2 aliphatic rings. The van der Waals surface area contributed by atoms with E-state index in [2.05, 4.69) is 15.6 Å². The van der Waals surface area contributed by atoms with E-state index in [1.165, 1.54) is 4.90 Å². The molecule has 2 N–H and O–H groups in total. The van der Waals surface area contributed by atoms with Gasteiger partial charge in [-0.15, -0.1) is 5.10 Å². The Bertz CT molecular complexity index is 1070. The molecule has 1 aliphatic heterocycles. The van der Waals surface area contributed by atoms with E-state index in [0.29, 0.717) is 11.9 Å². The van der Waals surface area contributed by atoms with Gasteiger partial charge in [-0.05, 0) is 31.4 Å². The predicted octanol–water partition coefficient (Wildman–Crippen LogP) is 0.716. The van der Waals surface area contributed by atoms with Crippen LogP contribution in [0.2, 0.25) is 0 Å². The van der Waals surface area contributed by atoms with Gasteiger partial charge in [-0.3, -0.25) is 14.4 Å². The van der Waals surface area contributed by atoms with Crippen molar-refractivity contribution in [1.29, 1.82) is 0 Å². The molecule has 4 rings (SSSR count). The summed E-state index contributed by atoms with van der Waals surface area (Å²) in [7, 11) is 0. The van der Waals surface area contributed by atoms with E-state index in [0.717, 1.165) is 5.52 Å². The Labute approximate surface area is 191 Å². The van der Waals surface area contributed by atoms with Crippen LogP contribution >= 0.6 is 0 Å². The van der Waals surface area contributed by atoms with Crippen LogP contribution in [0.3, 0.4) is 0 Å². The zero-order chi connectivity index (χ0) is 23.5. The van der Waals surface area contributed by atoms with Gasteiger partial charge >= 0.3 is 5.97 Å². The second-order valence-electron chi connectivity index (χ2n) is 8.46. The minimum atomic E-state index is -0.787. The van der Waals surface area contributed by atoms with E-state index in [9.17, 15) is 19.5 Å². The van der Waals surface area contributed by atoms with Crippen LogP contribution in [0, 0.1) is 23.7 Å². The van der Waals surface area contributed by atoms with Crippen LogP contribution in [0.5, 0.6) is 0 Å². The summed E-state index contributed by atoms with van der Waals surface area (Å²) in [6, 6.07) is 6.63. The molecule has 5 atom stereocenters. The van der Waals surface area contributed by atoms with E-state index < -0.39 is 29.8 Å². The van der Waals surface area contributed by atoms with Gasteiger partial charge < -0.3 is 20.1 Å². The normalized spacial score (nSPS) is 26.5. The molecule has 2 aromatic rings. The number of carbonyl (C=O) groups is 3. The van der Waals surface area contributed by atoms with Crippen molar-refractivity contribution >= 4 is 28.8 Å². The van der Waals surface area contributed by atoms with Crippen molar-refractivity contribution < 1.29 is 24.2 Å². The Morgan fingerprint density at radius 3 is 2.79 bits per heavy atom. The molecule has 2 heterocycles. The molecule has 0 radical (unpaired) electrons. The lowest BCUT2D eigenvalue weighted by Crippen LogP contribution is -2.48. The number of nitrogens with zero attached hydrogens (tertiary/aromatic N) is 4. The van der Waals surface area contributed by atoms with Crippen LogP contribution in [-0.2, 0) is 25.8 Å². The molecule has 1 saturated heterocycles. The van der Waals surface area contributed by atoms with Crippen LogP contribution in [0.4, 0.5) is 0 Å². The van der Waals surface area contributed by atoms with Gasteiger partial charge in [0.2, 0.25) is 11.8 Å². The number of allylic oxidation sites excluding steroid dienone is 1. The van der Waals surface area contributed by atoms with Crippen LogP contribution in [0.25, 0.3) is 11.0 Å². The number of nitrogens with one attached hydrogen (secondary N) is 1. The first kappa shape index (κ1) is 22.9. The molecule has 1 aromatic heterocycles. The maximum Gasteiger partial charge on any atom is 0.310 e. The van der Waals surface area contributed by atoms with Crippen LogP contribution < -0.4 is 5.32 Å². The van der Waals surface area contributed by atoms with Gasteiger partial charge in [0.1, 0.15) is 18.2 Å². The van der Waals surface area contributed by atoms with Crippen LogP contribution in [0.15, 0.2) is 36.4 Å². The van der Waals surface area contributed by atoms with Crippen LogP contribution in [0.1, 0.15) is 20.3 Å². The molecule has 176 valence electrons. The fourth-order valence-corrected chi connectivity index (χ4v) is 4.96. The number of aliphatic hydroxyl groups excluding tert-OH is 1. The third-order valence-electron chi connectivity index (χ3n) is 6.48. The average molecular weight is 456 g/mol. The number of hydrogen-bond donors (Lipinski definition) is 2. The molecule has 1 aliphatic carbocycles. The van der Waals surface area contributed by atoms with Gasteiger partial charge in [0.15, 0.2) is 0 Å². The van der Waals surface area contributed by atoms with Crippen molar-refractivity contribution in [2.24, 2.45) is 23.7 Å². The first-order chi connectivity index (χ1) is 16.0. The van der Waals surface area contributed by atoms with Gasteiger partial charge in [0, 0.05) is 19.1 Å². The van der Waals surface area contributed by atoms with Gasteiger partial charge in [-0.25, -0.2) is 4.68 Å². The molecule has 33 heavy (non-hydrogen) atoms. The highest BCUT2D eigenvalue weighted by atomic mass is 16.5. The predicted molar refractivity (Wildman–Crippen MR) is 118 cm³/mol. The first-order valence-electron chi connectivity index (χ1n) is 11.3. The van der Waals surface area contributed by atoms with Gasteiger partial charge in [0.05, 0.1) is 24.0 Å². The van der Waals surface area contributed by atoms with Crippen molar-refractivity contribution in [3.8, 4) is 0 Å². The average Bonchev–Trinajstić information content (AvgIpc) is 3.35. The quantitative estimate of drug-likeness (QED) is 0.443. The standard InChI is InChI=1S/C23H29N5O5/c1-3-33-23(32)18-14(2)9-10-15-19(18)22(31)27(11-6-12-29)20(15)21(30)24-13-28-17-8-5-4-7-16(17)25-26-28/h4-5,7-10,14-15,18-20,29H,3,6,11-13H2,1-2H3,(H,24,30)/t14-,15+,18-,19-,20+/m1/s1. The number of fused-ring (bicyclic) bond motifs is 2. The summed E-state index contributed by atoms with van der Waals surface area (Å²) in [6.45, 7) is 4.05. The number of para-hydroxylation sites is 1. The third kappa shape index (κ3) is 4.22. The monoisotopic (exact) mass is 455 g/mol. The highest BCUT2D eigenvalue weighted by molar-refractivity contribution is 5.96. The van der Waals surface area contributed by atoms with Crippen molar-refractivity contribution in [3.05, 3.63) is 36.4 Å². The Kier molecular flexibility index (Phi) is 6.73. The lowest BCUT2D eigenvalue weighted by atomic mass is 9.70. The Morgan fingerprint density at radius 2 is 2.03 bits per heavy atom. The minimum absolute atomic E-state index is 0.0939. The zero-order valence-electron chi connectivity index (χ0n) is 18.8. The van der Waals surface area contributed by atoms with E-state index in [1.54, 1.807) is 11.6 Å². The number of benzene rings is 1. The number of aliphatic hydroxyl groups is 1. The van der Waals surface area contributed by atoms with E-state index in [-0.39, 0.29) is 44.2 Å². The second kappa shape index (κ2) is 9.70.